The molecule has 2 aromatic heterocycles. The number of thiophene rings is 1. The smallest absolute Gasteiger partial charge is 0.226 e. The molecule has 0 saturated heterocycles. The average Bonchev–Trinajstić information content (AvgIpc) is 2.86. The van der Waals surface area contributed by atoms with Gasteiger partial charge in [0.1, 0.15) is 4.83 Å². The fourth-order valence-corrected chi connectivity index (χ4v) is 4.01. The molecule has 0 atom stereocenters. The molecule has 1 aliphatic rings. The summed E-state index contributed by atoms with van der Waals surface area (Å²) < 4.78 is 5.90. The number of hydrogen-bond acceptors (Lipinski definition) is 5. The van der Waals surface area contributed by atoms with Gasteiger partial charge in [-0.3, -0.25) is 0 Å². The number of nitrogens with zero attached hydrogens (tertiary/aromatic N) is 2. The zero-order valence-corrected chi connectivity index (χ0v) is 12.5. The maximum Gasteiger partial charge on any atom is 0.226 e. The quantitative estimate of drug-likeness (QED) is 0.634. The zero-order valence-electron chi connectivity index (χ0n) is 10.8. The van der Waals surface area contributed by atoms with E-state index < -0.39 is 0 Å². The normalized spacial score (nSPS) is 14.4. The van der Waals surface area contributed by atoms with E-state index in [0.29, 0.717) is 0 Å². The molecule has 5 heteroatoms. The van der Waals surface area contributed by atoms with Gasteiger partial charge in [-0.05, 0) is 44.9 Å². The van der Waals surface area contributed by atoms with Crippen molar-refractivity contribution in [1.82, 2.24) is 9.97 Å². The van der Waals surface area contributed by atoms with Gasteiger partial charge >= 0.3 is 0 Å². The average molecular weight is 280 g/mol. The Morgan fingerprint density at radius 1 is 1.28 bits per heavy atom. The van der Waals surface area contributed by atoms with E-state index in [0.717, 1.165) is 22.3 Å². The summed E-state index contributed by atoms with van der Waals surface area (Å²) in [7, 11) is 0. The lowest BCUT2D eigenvalue weighted by molar-refractivity contribution is 0.234. The molecule has 2 heterocycles. The number of ether oxygens (including phenoxy) is 1. The molecule has 3 rings (SSSR count). The van der Waals surface area contributed by atoms with E-state index in [9.17, 15) is 0 Å². The van der Waals surface area contributed by atoms with Crippen LogP contribution in [0.4, 0.5) is 0 Å². The number of aromatic nitrogens is 2. The number of rotatable bonds is 3. The van der Waals surface area contributed by atoms with Gasteiger partial charge in [0.25, 0.3) is 0 Å². The van der Waals surface area contributed by atoms with E-state index in [2.05, 4.69) is 9.97 Å². The van der Waals surface area contributed by atoms with E-state index in [4.69, 9.17) is 4.74 Å². The first-order valence-corrected chi connectivity index (χ1v) is 8.26. The number of aryl methyl sites for hydroxylation is 2. The second-order valence-electron chi connectivity index (χ2n) is 4.72. The number of hydrogen-bond donors (Lipinski definition) is 0. The minimum atomic E-state index is 0.148. The van der Waals surface area contributed by atoms with Crippen molar-refractivity contribution < 1.29 is 4.74 Å². The Hall–Kier alpha value is -0.810. The third-order valence-electron chi connectivity index (χ3n) is 3.04. The van der Waals surface area contributed by atoms with Crippen LogP contribution in [-0.2, 0) is 12.8 Å². The predicted molar refractivity (Wildman–Crippen MR) is 77.0 cm³/mol. The third-order valence-corrected chi connectivity index (χ3v) is 4.77. The summed E-state index contributed by atoms with van der Waals surface area (Å²) in [6, 6.07) is 0. The molecule has 0 aromatic carbocycles. The molecule has 2 aromatic rings. The maximum atomic E-state index is 5.90. The summed E-state index contributed by atoms with van der Waals surface area (Å²) in [6.07, 6.45) is 5.73. The van der Waals surface area contributed by atoms with Gasteiger partial charge in [-0.25, -0.2) is 4.98 Å². The van der Waals surface area contributed by atoms with Crippen molar-refractivity contribution >= 4 is 33.3 Å². The lowest BCUT2D eigenvalue weighted by Crippen LogP contribution is -2.08. The van der Waals surface area contributed by atoms with Crippen molar-refractivity contribution in [2.45, 2.75) is 44.4 Å². The highest BCUT2D eigenvalue weighted by molar-refractivity contribution is 7.98. The van der Waals surface area contributed by atoms with Gasteiger partial charge in [-0.2, -0.15) is 4.98 Å². The molecular weight excluding hydrogens is 264 g/mol. The molecule has 18 heavy (non-hydrogen) atoms. The SMILES string of the molecule is CSc1nc(OC(C)C)c2c3c(sc2n1)CCC3. The first-order chi connectivity index (χ1) is 8.69. The summed E-state index contributed by atoms with van der Waals surface area (Å²) in [6.45, 7) is 4.08. The molecular formula is C13H16N2OS2. The Kier molecular flexibility index (Phi) is 3.20. The van der Waals surface area contributed by atoms with E-state index in [1.807, 2.05) is 31.4 Å². The molecule has 0 radical (unpaired) electrons. The topological polar surface area (TPSA) is 35.0 Å². The number of fused-ring (bicyclic) bond motifs is 3. The molecule has 1 aliphatic carbocycles. The van der Waals surface area contributed by atoms with Gasteiger partial charge in [-0.15, -0.1) is 11.3 Å². The van der Waals surface area contributed by atoms with Crippen LogP contribution >= 0.6 is 23.1 Å². The van der Waals surface area contributed by atoms with E-state index in [1.54, 1.807) is 11.8 Å². The van der Waals surface area contributed by atoms with Crippen molar-refractivity contribution in [2.24, 2.45) is 0 Å². The zero-order chi connectivity index (χ0) is 12.7. The Bertz CT molecular complexity index is 592. The second-order valence-corrected chi connectivity index (χ2v) is 6.58. The first-order valence-electron chi connectivity index (χ1n) is 6.22. The monoisotopic (exact) mass is 280 g/mol. The van der Waals surface area contributed by atoms with E-state index in [1.165, 1.54) is 28.7 Å². The van der Waals surface area contributed by atoms with Crippen LogP contribution in [0.3, 0.4) is 0 Å². The molecule has 96 valence electrons. The molecule has 0 spiro atoms. The highest BCUT2D eigenvalue weighted by Gasteiger charge is 2.23. The van der Waals surface area contributed by atoms with Crippen molar-refractivity contribution in [2.75, 3.05) is 6.26 Å². The Labute approximate surface area is 115 Å². The molecule has 0 unspecified atom stereocenters. The maximum absolute atomic E-state index is 5.90. The van der Waals surface area contributed by atoms with E-state index >= 15 is 0 Å². The van der Waals surface area contributed by atoms with Gasteiger partial charge in [-0.1, -0.05) is 11.8 Å². The van der Waals surface area contributed by atoms with Crippen LogP contribution in [0.25, 0.3) is 10.2 Å². The van der Waals surface area contributed by atoms with Gasteiger partial charge in [0, 0.05) is 4.88 Å². The predicted octanol–water partition coefficient (Wildman–Crippen LogP) is 3.69. The molecule has 0 N–H and O–H groups in total. The van der Waals surface area contributed by atoms with Gasteiger partial charge in [0.15, 0.2) is 5.16 Å². The summed E-state index contributed by atoms with van der Waals surface area (Å²) >= 11 is 3.38. The molecule has 0 bridgehead atoms. The summed E-state index contributed by atoms with van der Waals surface area (Å²) in [5.74, 6) is 0.777. The van der Waals surface area contributed by atoms with Crippen LogP contribution in [0.5, 0.6) is 5.88 Å². The minimum absolute atomic E-state index is 0.148. The fourth-order valence-electron chi connectivity index (χ4n) is 2.34. The number of thioether (sulfide) groups is 1. The van der Waals surface area contributed by atoms with Crippen LogP contribution in [0.1, 0.15) is 30.7 Å². The van der Waals surface area contributed by atoms with E-state index in [-0.39, 0.29) is 6.10 Å². The summed E-state index contributed by atoms with van der Waals surface area (Å²) in [4.78, 5) is 11.7. The van der Waals surface area contributed by atoms with Crippen LogP contribution in [0, 0.1) is 0 Å². The molecule has 0 aliphatic heterocycles. The first kappa shape index (κ1) is 12.2. The third kappa shape index (κ3) is 1.99. The fraction of sp³-hybridized carbons (Fsp3) is 0.538. The summed E-state index contributed by atoms with van der Waals surface area (Å²) in [5.41, 5.74) is 1.43. The van der Waals surface area contributed by atoms with Crippen molar-refractivity contribution in [1.29, 1.82) is 0 Å². The van der Waals surface area contributed by atoms with Crippen LogP contribution in [0.2, 0.25) is 0 Å². The Morgan fingerprint density at radius 2 is 2.11 bits per heavy atom. The van der Waals surface area contributed by atoms with Crippen LogP contribution < -0.4 is 4.74 Å². The van der Waals surface area contributed by atoms with Crippen molar-refractivity contribution in [3.63, 3.8) is 0 Å². The van der Waals surface area contributed by atoms with Gasteiger partial charge < -0.3 is 4.74 Å². The highest BCUT2D eigenvalue weighted by Crippen LogP contribution is 2.41. The molecule has 3 nitrogen and oxygen atoms in total. The largest absolute Gasteiger partial charge is 0.474 e. The molecule has 0 amide bonds. The Morgan fingerprint density at radius 3 is 2.83 bits per heavy atom. The van der Waals surface area contributed by atoms with Crippen LogP contribution in [0.15, 0.2) is 5.16 Å². The lowest BCUT2D eigenvalue weighted by Gasteiger charge is -2.11. The Balaban J connectivity index is 2.22. The minimum Gasteiger partial charge on any atom is -0.474 e. The second kappa shape index (κ2) is 4.70. The van der Waals surface area contributed by atoms with Gasteiger partial charge in [0.05, 0.1) is 11.5 Å². The van der Waals surface area contributed by atoms with Crippen LogP contribution in [-0.4, -0.2) is 22.3 Å². The van der Waals surface area contributed by atoms with Gasteiger partial charge in [0.2, 0.25) is 5.88 Å². The van der Waals surface area contributed by atoms with Crippen molar-refractivity contribution in [3.8, 4) is 5.88 Å². The summed E-state index contributed by atoms with van der Waals surface area (Å²) in [5, 5.41) is 1.97. The lowest BCUT2D eigenvalue weighted by atomic mass is 10.2. The molecule has 0 saturated carbocycles. The van der Waals surface area contributed by atoms with Crippen molar-refractivity contribution in [3.05, 3.63) is 10.4 Å². The standard InChI is InChI=1S/C13H16N2OS2/c1-7(2)16-11-10-8-5-4-6-9(8)18-12(10)15-13(14-11)17-3/h7H,4-6H2,1-3H3. The molecule has 0 fully saturated rings. The highest BCUT2D eigenvalue weighted by atomic mass is 32.2.